The van der Waals surface area contributed by atoms with Crippen LogP contribution < -0.4 is 5.69 Å². The van der Waals surface area contributed by atoms with Crippen molar-refractivity contribution in [2.24, 2.45) is 0 Å². The van der Waals surface area contributed by atoms with Gasteiger partial charge in [-0.1, -0.05) is 6.92 Å². The van der Waals surface area contributed by atoms with Gasteiger partial charge in [-0.05, 0) is 20.3 Å². The molecule has 1 atom stereocenters. The van der Waals surface area contributed by atoms with E-state index in [2.05, 4.69) is 10.2 Å². The van der Waals surface area contributed by atoms with Crippen molar-refractivity contribution in [3.8, 4) is 0 Å². The SMILES string of the molecule is CCC(n1cn[nH]c1=O)C(C)(C)O. The van der Waals surface area contributed by atoms with Crippen molar-refractivity contribution in [3.63, 3.8) is 0 Å². The zero-order chi connectivity index (χ0) is 10.1. The third kappa shape index (κ3) is 1.98. The lowest BCUT2D eigenvalue weighted by atomic mass is 9.97. The summed E-state index contributed by atoms with van der Waals surface area (Å²) in [6, 6.07) is -0.237. The van der Waals surface area contributed by atoms with Crippen LogP contribution in [-0.4, -0.2) is 25.5 Å². The van der Waals surface area contributed by atoms with Crippen LogP contribution in [0.15, 0.2) is 11.1 Å². The quantitative estimate of drug-likeness (QED) is 0.711. The molecule has 0 aromatic carbocycles. The van der Waals surface area contributed by atoms with Crippen LogP contribution in [0.2, 0.25) is 0 Å². The summed E-state index contributed by atoms with van der Waals surface area (Å²) in [5.74, 6) is 0. The fraction of sp³-hybridized carbons (Fsp3) is 0.750. The Bertz CT molecular complexity index is 321. The van der Waals surface area contributed by atoms with E-state index in [-0.39, 0.29) is 11.7 Å². The van der Waals surface area contributed by atoms with Gasteiger partial charge >= 0.3 is 5.69 Å². The Balaban J connectivity index is 3.05. The number of nitrogens with one attached hydrogen (secondary N) is 1. The molecule has 5 heteroatoms. The smallest absolute Gasteiger partial charge is 0.343 e. The first-order valence-corrected chi connectivity index (χ1v) is 4.30. The second kappa shape index (κ2) is 3.33. The Morgan fingerprint density at radius 2 is 2.38 bits per heavy atom. The van der Waals surface area contributed by atoms with Gasteiger partial charge in [0.05, 0.1) is 11.6 Å². The molecule has 1 unspecified atom stereocenters. The van der Waals surface area contributed by atoms with Gasteiger partial charge in [0.25, 0.3) is 0 Å². The third-order valence-corrected chi connectivity index (χ3v) is 2.11. The molecule has 1 aromatic rings. The Morgan fingerprint density at radius 1 is 1.77 bits per heavy atom. The topological polar surface area (TPSA) is 70.9 Å². The second-order valence-electron chi connectivity index (χ2n) is 3.65. The number of hydrogen-bond donors (Lipinski definition) is 2. The third-order valence-electron chi connectivity index (χ3n) is 2.11. The molecule has 0 amide bonds. The maximum atomic E-state index is 11.2. The average molecular weight is 185 g/mol. The van der Waals surface area contributed by atoms with Crippen LogP contribution in [-0.2, 0) is 0 Å². The van der Waals surface area contributed by atoms with E-state index < -0.39 is 5.60 Å². The van der Waals surface area contributed by atoms with Crippen LogP contribution in [0.5, 0.6) is 0 Å². The Hall–Kier alpha value is -1.10. The number of H-pyrrole nitrogens is 1. The minimum atomic E-state index is -0.914. The van der Waals surface area contributed by atoms with Crippen LogP contribution in [0.4, 0.5) is 0 Å². The molecule has 0 aliphatic carbocycles. The van der Waals surface area contributed by atoms with Gasteiger partial charge in [-0.15, -0.1) is 0 Å². The van der Waals surface area contributed by atoms with Gasteiger partial charge in [-0.2, -0.15) is 5.10 Å². The summed E-state index contributed by atoms with van der Waals surface area (Å²) in [6.45, 7) is 5.28. The van der Waals surface area contributed by atoms with Crippen molar-refractivity contribution in [3.05, 3.63) is 16.8 Å². The monoisotopic (exact) mass is 185 g/mol. The molecule has 1 heterocycles. The van der Waals surface area contributed by atoms with Gasteiger partial charge in [0.1, 0.15) is 6.33 Å². The van der Waals surface area contributed by atoms with E-state index >= 15 is 0 Å². The summed E-state index contributed by atoms with van der Waals surface area (Å²) in [5.41, 5.74) is -1.20. The van der Waals surface area contributed by atoms with E-state index in [1.165, 1.54) is 10.9 Å². The van der Waals surface area contributed by atoms with Gasteiger partial charge in [-0.25, -0.2) is 9.89 Å². The molecule has 0 fully saturated rings. The average Bonchev–Trinajstić information content (AvgIpc) is 2.35. The van der Waals surface area contributed by atoms with Crippen molar-refractivity contribution < 1.29 is 5.11 Å². The lowest BCUT2D eigenvalue weighted by Crippen LogP contribution is -2.37. The molecule has 5 nitrogen and oxygen atoms in total. The van der Waals surface area contributed by atoms with Crippen molar-refractivity contribution in [2.45, 2.75) is 38.8 Å². The molecule has 0 aliphatic heterocycles. The van der Waals surface area contributed by atoms with Gasteiger partial charge in [-0.3, -0.25) is 4.57 Å². The summed E-state index contributed by atoms with van der Waals surface area (Å²) in [4.78, 5) is 11.2. The normalized spacial score (nSPS) is 14.5. The van der Waals surface area contributed by atoms with Crippen LogP contribution in [0.3, 0.4) is 0 Å². The van der Waals surface area contributed by atoms with Crippen molar-refractivity contribution >= 4 is 0 Å². The largest absolute Gasteiger partial charge is 0.388 e. The molecule has 0 aliphatic rings. The van der Waals surface area contributed by atoms with Gasteiger partial charge < -0.3 is 5.11 Å². The van der Waals surface area contributed by atoms with Crippen molar-refractivity contribution in [1.29, 1.82) is 0 Å². The fourth-order valence-electron chi connectivity index (χ4n) is 1.52. The van der Waals surface area contributed by atoms with Gasteiger partial charge in [0.15, 0.2) is 0 Å². The summed E-state index contributed by atoms with van der Waals surface area (Å²) in [7, 11) is 0. The summed E-state index contributed by atoms with van der Waals surface area (Å²) in [6.07, 6.45) is 2.09. The lowest BCUT2D eigenvalue weighted by Gasteiger charge is -2.28. The Kier molecular flexibility index (Phi) is 2.56. The molecule has 1 aromatic heterocycles. The van der Waals surface area contributed by atoms with Crippen molar-refractivity contribution in [1.82, 2.24) is 14.8 Å². The van der Waals surface area contributed by atoms with E-state index in [9.17, 15) is 9.90 Å². The van der Waals surface area contributed by atoms with E-state index in [0.717, 1.165) is 0 Å². The van der Waals surface area contributed by atoms with Crippen LogP contribution in [0, 0.1) is 0 Å². The molecule has 2 N–H and O–H groups in total. The van der Waals surface area contributed by atoms with Crippen LogP contribution in [0.1, 0.15) is 33.2 Å². The molecule has 0 saturated heterocycles. The van der Waals surface area contributed by atoms with E-state index in [0.29, 0.717) is 6.42 Å². The minimum absolute atomic E-state index is 0.237. The van der Waals surface area contributed by atoms with Gasteiger partial charge in [0.2, 0.25) is 0 Å². The molecular weight excluding hydrogens is 170 g/mol. The maximum absolute atomic E-state index is 11.2. The highest BCUT2D eigenvalue weighted by Crippen LogP contribution is 2.23. The number of aromatic amines is 1. The molecule has 1 rings (SSSR count). The first-order valence-electron chi connectivity index (χ1n) is 4.30. The molecular formula is C8H15N3O2. The first-order chi connectivity index (χ1) is 5.96. The second-order valence-corrected chi connectivity index (χ2v) is 3.65. The molecule has 0 saturated carbocycles. The summed E-state index contributed by atoms with van der Waals surface area (Å²) in [5, 5.41) is 15.7. The highest BCUT2D eigenvalue weighted by atomic mass is 16.3. The molecule has 13 heavy (non-hydrogen) atoms. The summed E-state index contributed by atoms with van der Waals surface area (Å²) >= 11 is 0. The van der Waals surface area contributed by atoms with Gasteiger partial charge in [0, 0.05) is 0 Å². The number of rotatable bonds is 3. The lowest BCUT2D eigenvalue weighted by molar-refractivity contribution is 0.0200. The number of aromatic nitrogens is 3. The first kappa shape index (κ1) is 9.98. The number of aliphatic hydroxyl groups is 1. The van der Waals surface area contributed by atoms with Crippen LogP contribution in [0.25, 0.3) is 0 Å². The fourth-order valence-corrected chi connectivity index (χ4v) is 1.52. The zero-order valence-electron chi connectivity index (χ0n) is 8.11. The Labute approximate surface area is 76.4 Å². The Morgan fingerprint density at radius 3 is 2.69 bits per heavy atom. The van der Waals surface area contributed by atoms with Crippen molar-refractivity contribution in [2.75, 3.05) is 0 Å². The highest BCUT2D eigenvalue weighted by molar-refractivity contribution is 4.84. The van der Waals surface area contributed by atoms with E-state index in [4.69, 9.17) is 0 Å². The predicted octanol–water partition coefficient (Wildman–Crippen LogP) is 0.293. The summed E-state index contributed by atoms with van der Waals surface area (Å²) < 4.78 is 1.42. The minimum Gasteiger partial charge on any atom is -0.388 e. The maximum Gasteiger partial charge on any atom is 0.343 e. The van der Waals surface area contributed by atoms with E-state index in [1.54, 1.807) is 13.8 Å². The highest BCUT2D eigenvalue weighted by Gasteiger charge is 2.27. The number of hydrogen-bond acceptors (Lipinski definition) is 3. The molecule has 0 radical (unpaired) electrons. The van der Waals surface area contributed by atoms with Crippen LogP contribution >= 0.6 is 0 Å². The van der Waals surface area contributed by atoms with E-state index in [1.807, 2.05) is 6.92 Å². The molecule has 0 bridgehead atoms. The zero-order valence-corrected chi connectivity index (χ0v) is 8.11. The molecule has 0 spiro atoms. The standard InChI is InChI=1S/C8H15N3O2/c1-4-6(8(2,3)13)11-5-9-10-7(11)12/h5-6,13H,4H2,1-3H3,(H,10,12). The number of nitrogens with zero attached hydrogens (tertiary/aromatic N) is 2. The molecule has 74 valence electrons. The predicted molar refractivity (Wildman–Crippen MR) is 48.5 cm³/mol.